The summed E-state index contributed by atoms with van der Waals surface area (Å²) in [6, 6.07) is 0.503. The van der Waals surface area contributed by atoms with Crippen LogP contribution in [-0.2, 0) is 12.1 Å². The van der Waals surface area contributed by atoms with E-state index >= 15 is 0 Å². The van der Waals surface area contributed by atoms with E-state index in [2.05, 4.69) is 11.2 Å². The van der Waals surface area contributed by atoms with Crippen molar-refractivity contribution in [3.8, 4) is 11.8 Å². The van der Waals surface area contributed by atoms with Crippen molar-refractivity contribution in [2.75, 3.05) is 5.32 Å². The third kappa shape index (κ3) is 2.53. The highest BCUT2D eigenvalue weighted by atomic mass is 19.4. The van der Waals surface area contributed by atoms with Crippen LogP contribution >= 0.6 is 0 Å². The second kappa shape index (κ2) is 4.99. The molecule has 0 spiro atoms. The number of anilines is 1. The normalized spacial score (nSPS) is 22.1. The van der Waals surface area contributed by atoms with Gasteiger partial charge >= 0.3 is 12.2 Å². The second-order valence-electron chi connectivity index (χ2n) is 5.16. The van der Waals surface area contributed by atoms with E-state index in [1.807, 2.05) is 5.92 Å². The first-order chi connectivity index (χ1) is 10.8. The Morgan fingerprint density at radius 1 is 1.35 bits per heavy atom. The lowest BCUT2D eigenvalue weighted by Gasteiger charge is -2.37. The van der Waals surface area contributed by atoms with Gasteiger partial charge in [-0.3, -0.25) is 0 Å². The SMILES string of the molecule is O=C1Nc2cc(CO)c(F)cc2[C@@](C#CC2=CC2)(C(F)(F)F)N1. The topological polar surface area (TPSA) is 61.4 Å². The standard InChI is InChI=1S/C15H10F4N2O2/c16-11-6-10-12(5-9(11)7-22)20-13(23)21-14(10,15(17,18)19)4-3-8-1-2-8/h1,5-6,22H,2,7H2,(H2,20,21,23)/t14-/m0/s1. The van der Waals surface area contributed by atoms with Gasteiger partial charge in [-0.1, -0.05) is 17.9 Å². The summed E-state index contributed by atoms with van der Waals surface area (Å²) >= 11 is 0. The van der Waals surface area contributed by atoms with Gasteiger partial charge < -0.3 is 15.7 Å². The lowest BCUT2D eigenvalue weighted by atomic mass is 9.85. The molecule has 1 aliphatic carbocycles. The maximum atomic E-state index is 13.9. The van der Waals surface area contributed by atoms with Gasteiger partial charge in [0.05, 0.1) is 6.61 Å². The predicted octanol–water partition coefficient (Wildman–Crippen LogP) is 2.54. The lowest BCUT2D eigenvalue weighted by Crippen LogP contribution is -2.59. The van der Waals surface area contributed by atoms with E-state index < -0.39 is 35.7 Å². The van der Waals surface area contributed by atoms with Crippen LogP contribution in [0.15, 0.2) is 23.8 Å². The lowest BCUT2D eigenvalue weighted by molar-refractivity contribution is -0.178. The molecule has 1 atom stereocenters. The average Bonchev–Trinajstić information content (AvgIpc) is 3.27. The molecular formula is C15H10F4N2O2. The summed E-state index contributed by atoms with van der Waals surface area (Å²) in [6.45, 7) is -0.708. The van der Waals surface area contributed by atoms with Crippen molar-refractivity contribution in [1.29, 1.82) is 0 Å². The van der Waals surface area contributed by atoms with Crippen molar-refractivity contribution in [2.45, 2.75) is 24.7 Å². The molecular weight excluding hydrogens is 316 g/mol. The maximum absolute atomic E-state index is 13.9. The van der Waals surface area contributed by atoms with E-state index in [1.165, 1.54) is 0 Å². The van der Waals surface area contributed by atoms with Gasteiger partial charge in [0.15, 0.2) is 0 Å². The summed E-state index contributed by atoms with van der Waals surface area (Å²) in [5.41, 5.74) is -3.50. The molecule has 1 aromatic rings. The number of halogens is 4. The van der Waals surface area contributed by atoms with Crippen molar-refractivity contribution < 1.29 is 27.5 Å². The largest absolute Gasteiger partial charge is 0.427 e. The summed E-state index contributed by atoms with van der Waals surface area (Å²) in [4.78, 5) is 11.7. The molecule has 120 valence electrons. The molecule has 0 saturated heterocycles. The van der Waals surface area contributed by atoms with Gasteiger partial charge in [-0.05, 0) is 18.6 Å². The van der Waals surface area contributed by atoms with Crippen LogP contribution in [0.5, 0.6) is 0 Å². The van der Waals surface area contributed by atoms with Gasteiger partial charge in [-0.2, -0.15) is 13.2 Å². The Bertz CT molecular complexity index is 789. The number of carbonyl (C=O) groups is 1. The number of rotatable bonds is 1. The van der Waals surface area contributed by atoms with Crippen LogP contribution in [0.3, 0.4) is 0 Å². The van der Waals surface area contributed by atoms with Gasteiger partial charge in [0.2, 0.25) is 5.54 Å². The molecule has 1 aliphatic heterocycles. The first kappa shape index (κ1) is 15.4. The zero-order valence-corrected chi connectivity index (χ0v) is 11.5. The average molecular weight is 326 g/mol. The van der Waals surface area contributed by atoms with E-state index in [0.717, 1.165) is 6.07 Å². The first-order valence-corrected chi connectivity index (χ1v) is 6.59. The second-order valence-corrected chi connectivity index (χ2v) is 5.16. The van der Waals surface area contributed by atoms with E-state index in [9.17, 15) is 22.4 Å². The number of hydrogen-bond donors (Lipinski definition) is 3. The first-order valence-electron chi connectivity index (χ1n) is 6.59. The van der Waals surface area contributed by atoms with Gasteiger partial charge in [0.1, 0.15) is 5.82 Å². The maximum Gasteiger partial charge on any atom is 0.427 e. The molecule has 0 radical (unpaired) electrons. The van der Waals surface area contributed by atoms with Crippen LogP contribution < -0.4 is 10.6 Å². The highest BCUT2D eigenvalue weighted by molar-refractivity contribution is 5.95. The fourth-order valence-electron chi connectivity index (χ4n) is 2.26. The monoisotopic (exact) mass is 326 g/mol. The zero-order valence-electron chi connectivity index (χ0n) is 11.5. The third-order valence-electron chi connectivity index (χ3n) is 3.55. The van der Waals surface area contributed by atoms with Gasteiger partial charge in [0, 0.05) is 22.4 Å². The molecule has 23 heavy (non-hydrogen) atoms. The number of hydrogen-bond acceptors (Lipinski definition) is 2. The number of nitrogens with one attached hydrogen (secondary N) is 2. The number of fused-ring (bicyclic) bond motifs is 1. The quantitative estimate of drug-likeness (QED) is 0.549. The highest BCUT2D eigenvalue weighted by Gasteiger charge is 2.59. The van der Waals surface area contributed by atoms with Crippen molar-refractivity contribution in [3.05, 3.63) is 40.7 Å². The number of urea groups is 1. The number of aliphatic hydroxyl groups is 1. The molecule has 0 bridgehead atoms. The minimum atomic E-state index is -4.96. The van der Waals surface area contributed by atoms with Gasteiger partial charge in [-0.15, -0.1) is 0 Å². The Morgan fingerprint density at radius 2 is 2.04 bits per heavy atom. The van der Waals surface area contributed by atoms with E-state index in [1.54, 1.807) is 11.4 Å². The van der Waals surface area contributed by atoms with E-state index in [0.29, 0.717) is 18.1 Å². The molecule has 3 N–H and O–H groups in total. The molecule has 0 aromatic heterocycles. The third-order valence-corrected chi connectivity index (χ3v) is 3.55. The van der Waals surface area contributed by atoms with Crippen molar-refractivity contribution in [3.63, 3.8) is 0 Å². The number of alkyl halides is 3. The smallest absolute Gasteiger partial charge is 0.392 e. The molecule has 8 heteroatoms. The van der Waals surface area contributed by atoms with Crippen LogP contribution in [0.1, 0.15) is 17.5 Å². The molecule has 2 aliphatic rings. The fraction of sp³-hybridized carbons (Fsp3) is 0.267. The Hall–Kier alpha value is -2.53. The van der Waals surface area contributed by atoms with Gasteiger partial charge in [-0.25, -0.2) is 9.18 Å². The molecule has 0 unspecified atom stereocenters. The molecule has 1 aromatic carbocycles. The number of aliphatic hydroxyl groups excluding tert-OH is 1. The predicted molar refractivity (Wildman–Crippen MR) is 72.7 cm³/mol. The molecule has 3 rings (SSSR count). The number of amides is 2. The Balaban J connectivity index is 2.25. The van der Waals surface area contributed by atoms with E-state index in [-0.39, 0.29) is 11.3 Å². The summed E-state index contributed by atoms with van der Waals surface area (Å²) in [5, 5.41) is 13.0. The summed E-state index contributed by atoms with van der Waals surface area (Å²) < 4.78 is 55.0. The van der Waals surface area contributed by atoms with Crippen LogP contribution in [0.25, 0.3) is 0 Å². The minimum Gasteiger partial charge on any atom is -0.392 e. The molecule has 4 nitrogen and oxygen atoms in total. The van der Waals surface area contributed by atoms with Gasteiger partial charge in [0.25, 0.3) is 0 Å². The molecule has 0 fully saturated rings. The number of carbonyl (C=O) groups excluding carboxylic acids is 1. The molecule has 1 heterocycles. The van der Waals surface area contributed by atoms with Crippen molar-refractivity contribution in [1.82, 2.24) is 5.32 Å². The molecule has 2 amide bonds. The summed E-state index contributed by atoms with van der Waals surface area (Å²) in [5.74, 6) is 3.39. The number of benzene rings is 1. The molecule has 0 saturated carbocycles. The Labute approximate surface area is 128 Å². The van der Waals surface area contributed by atoms with E-state index in [4.69, 9.17) is 5.11 Å². The van der Waals surface area contributed by atoms with Crippen LogP contribution in [0.2, 0.25) is 0 Å². The summed E-state index contributed by atoms with van der Waals surface area (Å²) in [6.07, 6.45) is -2.83. The Kier molecular flexibility index (Phi) is 3.34. The van der Waals surface area contributed by atoms with Crippen molar-refractivity contribution in [2.24, 2.45) is 0 Å². The van der Waals surface area contributed by atoms with Crippen LogP contribution in [-0.4, -0.2) is 17.3 Å². The Morgan fingerprint density at radius 3 is 2.61 bits per heavy atom. The van der Waals surface area contributed by atoms with Crippen LogP contribution in [0.4, 0.5) is 28.0 Å². The summed E-state index contributed by atoms with van der Waals surface area (Å²) in [7, 11) is 0. The minimum absolute atomic E-state index is 0.222. The van der Waals surface area contributed by atoms with Crippen LogP contribution in [0, 0.1) is 17.7 Å². The fourth-order valence-corrected chi connectivity index (χ4v) is 2.26. The zero-order chi connectivity index (χ0) is 16.8. The number of allylic oxidation sites excluding steroid dienone is 2. The highest BCUT2D eigenvalue weighted by Crippen LogP contribution is 2.44. The van der Waals surface area contributed by atoms with Crippen molar-refractivity contribution >= 4 is 11.7 Å².